The van der Waals surface area contributed by atoms with Crippen LogP contribution in [0.5, 0.6) is 0 Å². The van der Waals surface area contributed by atoms with Crippen molar-refractivity contribution >= 4 is 26.0 Å². The monoisotopic (exact) mass is 333 g/mol. The van der Waals surface area contributed by atoms with Gasteiger partial charge in [-0.3, -0.25) is 0 Å². The van der Waals surface area contributed by atoms with Crippen LogP contribution in [-0.2, 0) is 16.6 Å². The highest BCUT2D eigenvalue weighted by Crippen LogP contribution is 2.29. The maximum absolute atomic E-state index is 12.2. The maximum atomic E-state index is 12.2. The zero-order valence-corrected chi connectivity index (χ0v) is 12.5. The second-order valence-corrected chi connectivity index (χ2v) is 7.35. The lowest BCUT2D eigenvalue weighted by molar-refractivity contribution is 0.270. The molecule has 0 saturated heterocycles. The highest BCUT2D eigenvalue weighted by atomic mass is 79.9. The third-order valence-electron chi connectivity index (χ3n) is 3.16. The zero-order chi connectivity index (χ0) is 13.3. The average molecular weight is 334 g/mol. The van der Waals surface area contributed by atoms with Gasteiger partial charge in [-0.1, -0.05) is 13.0 Å². The highest BCUT2D eigenvalue weighted by Gasteiger charge is 2.30. The molecule has 0 aromatic heterocycles. The van der Waals surface area contributed by atoms with Gasteiger partial charge < -0.3 is 5.11 Å². The standard InChI is InChI=1S/C12H16BrNO3S/c1-8-4-10(5-8)14-18(16,17)12-3-2-9(7-15)6-11(12)13/h2-3,6,8,10,14-15H,4-5,7H2,1H3. The van der Waals surface area contributed by atoms with E-state index in [0.717, 1.165) is 12.8 Å². The van der Waals surface area contributed by atoms with E-state index in [0.29, 0.717) is 16.0 Å². The van der Waals surface area contributed by atoms with Crippen LogP contribution in [0.25, 0.3) is 0 Å². The third kappa shape index (κ3) is 2.93. The lowest BCUT2D eigenvalue weighted by atomic mass is 9.83. The molecule has 2 N–H and O–H groups in total. The smallest absolute Gasteiger partial charge is 0.241 e. The number of nitrogens with one attached hydrogen (secondary N) is 1. The van der Waals surface area contributed by atoms with Crippen LogP contribution in [0.1, 0.15) is 25.3 Å². The van der Waals surface area contributed by atoms with Crippen LogP contribution < -0.4 is 4.72 Å². The Morgan fingerprint density at radius 3 is 2.61 bits per heavy atom. The number of benzene rings is 1. The Morgan fingerprint density at radius 1 is 1.44 bits per heavy atom. The average Bonchev–Trinajstić information content (AvgIpc) is 2.26. The van der Waals surface area contributed by atoms with Crippen LogP contribution in [0.2, 0.25) is 0 Å². The minimum Gasteiger partial charge on any atom is -0.392 e. The number of hydrogen-bond donors (Lipinski definition) is 2. The van der Waals surface area contributed by atoms with E-state index < -0.39 is 10.0 Å². The van der Waals surface area contributed by atoms with Crippen LogP contribution in [0.4, 0.5) is 0 Å². The van der Waals surface area contributed by atoms with E-state index in [-0.39, 0.29) is 17.5 Å². The van der Waals surface area contributed by atoms with Crippen LogP contribution >= 0.6 is 15.9 Å². The van der Waals surface area contributed by atoms with Crippen molar-refractivity contribution in [3.63, 3.8) is 0 Å². The molecular formula is C12H16BrNO3S. The van der Waals surface area contributed by atoms with E-state index in [1.807, 2.05) is 0 Å². The number of halogens is 1. The van der Waals surface area contributed by atoms with Crippen molar-refractivity contribution in [1.82, 2.24) is 4.72 Å². The molecular weight excluding hydrogens is 318 g/mol. The summed E-state index contributed by atoms with van der Waals surface area (Å²) in [6, 6.07) is 4.80. The van der Waals surface area contributed by atoms with Gasteiger partial charge in [0, 0.05) is 10.5 Å². The van der Waals surface area contributed by atoms with Gasteiger partial charge >= 0.3 is 0 Å². The van der Waals surface area contributed by atoms with E-state index in [1.54, 1.807) is 12.1 Å². The number of aliphatic hydroxyl groups is 1. The first-order valence-electron chi connectivity index (χ1n) is 5.84. The molecule has 1 aromatic carbocycles. The van der Waals surface area contributed by atoms with Gasteiger partial charge in [0.05, 0.1) is 11.5 Å². The van der Waals surface area contributed by atoms with Gasteiger partial charge in [0.2, 0.25) is 10.0 Å². The molecule has 1 aromatic rings. The van der Waals surface area contributed by atoms with Crippen LogP contribution in [0.15, 0.2) is 27.6 Å². The molecule has 1 aliphatic carbocycles. The maximum Gasteiger partial charge on any atom is 0.241 e. The molecule has 1 aliphatic rings. The quantitative estimate of drug-likeness (QED) is 0.885. The minimum absolute atomic E-state index is 0.0504. The minimum atomic E-state index is -3.48. The summed E-state index contributed by atoms with van der Waals surface area (Å²) in [6.07, 6.45) is 1.79. The van der Waals surface area contributed by atoms with Gasteiger partial charge in [-0.2, -0.15) is 0 Å². The second kappa shape index (κ2) is 5.28. The van der Waals surface area contributed by atoms with E-state index in [2.05, 4.69) is 27.6 Å². The van der Waals surface area contributed by atoms with Crippen molar-refractivity contribution in [3.05, 3.63) is 28.2 Å². The zero-order valence-electron chi connectivity index (χ0n) is 10.1. The van der Waals surface area contributed by atoms with E-state index >= 15 is 0 Å². The summed E-state index contributed by atoms with van der Waals surface area (Å²) in [7, 11) is -3.48. The van der Waals surface area contributed by atoms with E-state index in [1.165, 1.54) is 6.07 Å². The SMILES string of the molecule is CC1CC(NS(=O)(=O)c2ccc(CO)cc2Br)C1. The lowest BCUT2D eigenvalue weighted by Crippen LogP contribution is -2.43. The highest BCUT2D eigenvalue weighted by molar-refractivity contribution is 9.10. The summed E-state index contributed by atoms with van der Waals surface area (Å²) in [5, 5.41) is 8.99. The van der Waals surface area contributed by atoms with E-state index in [4.69, 9.17) is 5.11 Å². The molecule has 0 radical (unpaired) electrons. The lowest BCUT2D eigenvalue weighted by Gasteiger charge is -2.33. The Hall–Kier alpha value is -0.430. The molecule has 18 heavy (non-hydrogen) atoms. The molecule has 4 nitrogen and oxygen atoms in total. The van der Waals surface area contributed by atoms with Gasteiger partial charge in [0.25, 0.3) is 0 Å². The summed E-state index contributed by atoms with van der Waals surface area (Å²) in [5.74, 6) is 0.595. The third-order valence-corrected chi connectivity index (χ3v) is 5.66. The summed E-state index contributed by atoms with van der Waals surface area (Å²) in [6.45, 7) is 2.00. The van der Waals surface area contributed by atoms with Crippen molar-refractivity contribution in [3.8, 4) is 0 Å². The van der Waals surface area contributed by atoms with Gasteiger partial charge in [-0.25, -0.2) is 13.1 Å². The molecule has 0 bridgehead atoms. The Balaban J connectivity index is 2.19. The molecule has 0 spiro atoms. The van der Waals surface area contributed by atoms with Gasteiger partial charge in [-0.05, 0) is 52.4 Å². The van der Waals surface area contributed by atoms with Crippen LogP contribution in [-0.4, -0.2) is 19.6 Å². The van der Waals surface area contributed by atoms with Crippen molar-refractivity contribution in [1.29, 1.82) is 0 Å². The molecule has 2 rings (SSSR count). The Bertz CT molecular complexity index is 538. The predicted molar refractivity (Wildman–Crippen MR) is 72.6 cm³/mol. The van der Waals surface area contributed by atoms with Crippen molar-refractivity contribution < 1.29 is 13.5 Å². The number of hydrogen-bond acceptors (Lipinski definition) is 3. The van der Waals surface area contributed by atoms with Crippen molar-refractivity contribution in [2.75, 3.05) is 0 Å². The summed E-state index contributed by atoms with van der Waals surface area (Å²) in [5.41, 5.74) is 0.679. The predicted octanol–water partition coefficient (Wildman–Crippen LogP) is 2.02. The molecule has 0 unspecified atom stereocenters. The van der Waals surface area contributed by atoms with Crippen molar-refractivity contribution in [2.24, 2.45) is 5.92 Å². The summed E-state index contributed by atoms with van der Waals surface area (Å²) in [4.78, 5) is 0.222. The van der Waals surface area contributed by atoms with Gasteiger partial charge in [0.15, 0.2) is 0 Å². The largest absolute Gasteiger partial charge is 0.392 e. The first-order valence-corrected chi connectivity index (χ1v) is 8.11. The fourth-order valence-corrected chi connectivity index (χ4v) is 4.53. The van der Waals surface area contributed by atoms with E-state index in [9.17, 15) is 8.42 Å². The summed E-state index contributed by atoms with van der Waals surface area (Å²) >= 11 is 3.24. The van der Waals surface area contributed by atoms with Crippen LogP contribution in [0.3, 0.4) is 0 Å². The Morgan fingerprint density at radius 2 is 2.11 bits per heavy atom. The molecule has 1 saturated carbocycles. The van der Waals surface area contributed by atoms with Crippen LogP contribution in [0, 0.1) is 5.92 Å². The molecule has 0 aliphatic heterocycles. The number of aliphatic hydroxyl groups excluding tert-OH is 1. The molecule has 0 amide bonds. The second-order valence-electron chi connectivity index (χ2n) is 4.82. The van der Waals surface area contributed by atoms with Crippen molar-refractivity contribution in [2.45, 2.75) is 37.3 Å². The normalized spacial score (nSPS) is 23.7. The first kappa shape index (κ1) is 14.0. The van der Waals surface area contributed by atoms with Gasteiger partial charge in [0.1, 0.15) is 0 Å². The van der Waals surface area contributed by atoms with Gasteiger partial charge in [-0.15, -0.1) is 0 Å². The first-order chi connectivity index (χ1) is 8.42. The Kier molecular flexibility index (Phi) is 4.11. The molecule has 0 heterocycles. The summed E-state index contributed by atoms with van der Waals surface area (Å²) < 4.78 is 27.5. The fraction of sp³-hybridized carbons (Fsp3) is 0.500. The fourth-order valence-electron chi connectivity index (χ4n) is 2.14. The molecule has 100 valence electrons. The Labute approximate surface area is 116 Å². The molecule has 0 atom stereocenters. The number of sulfonamides is 1. The number of rotatable bonds is 4. The molecule has 6 heteroatoms. The topological polar surface area (TPSA) is 66.4 Å². The molecule has 1 fully saturated rings.